The summed E-state index contributed by atoms with van der Waals surface area (Å²) in [5.41, 5.74) is 0.581. The normalized spacial score (nSPS) is 19.6. The van der Waals surface area contributed by atoms with Crippen molar-refractivity contribution in [3.8, 4) is 0 Å². The van der Waals surface area contributed by atoms with E-state index >= 15 is 0 Å². The highest BCUT2D eigenvalue weighted by Crippen LogP contribution is 2.16. The van der Waals surface area contributed by atoms with Crippen LogP contribution in [0.2, 0.25) is 0 Å². The predicted octanol–water partition coefficient (Wildman–Crippen LogP) is 1.41. The highest BCUT2D eigenvalue weighted by molar-refractivity contribution is 5.97. The SMILES string of the molecule is CC(C)CN1CCN(C(=O)c2ccncc2)C(C)C1=O. The molecule has 5 heteroatoms. The Kier molecular flexibility index (Phi) is 4.37. The van der Waals surface area contributed by atoms with Crippen LogP contribution >= 0.6 is 0 Å². The number of rotatable bonds is 3. The quantitative estimate of drug-likeness (QED) is 0.838. The molecule has 0 bridgehead atoms. The molecule has 2 rings (SSSR count). The van der Waals surface area contributed by atoms with Gasteiger partial charge >= 0.3 is 0 Å². The van der Waals surface area contributed by atoms with E-state index in [0.717, 1.165) is 6.54 Å². The van der Waals surface area contributed by atoms with E-state index in [0.29, 0.717) is 24.6 Å². The number of amides is 2. The molecule has 1 aliphatic rings. The second-order valence-electron chi connectivity index (χ2n) is 5.59. The third-order valence-corrected chi connectivity index (χ3v) is 3.52. The Labute approximate surface area is 119 Å². The summed E-state index contributed by atoms with van der Waals surface area (Å²) < 4.78 is 0. The molecule has 0 saturated carbocycles. The summed E-state index contributed by atoms with van der Waals surface area (Å²) in [4.78, 5) is 32.1. The first-order chi connectivity index (χ1) is 9.50. The van der Waals surface area contributed by atoms with Gasteiger partial charge in [-0.3, -0.25) is 14.6 Å². The summed E-state index contributed by atoms with van der Waals surface area (Å²) >= 11 is 0. The average molecular weight is 275 g/mol. The van der Waals surface area contributed by atoms with Gasteiger partial charge in [0.25, 0.3) is 5.91 Å². The van der Waals surface area contributed by atoms with Crippen LogP contribution < -0.4 is 0 Å². The molecule has 0 radical (unpaired) electrons. The lowest BCUT2D eigenvalue weighted by atomic mass is 10.1. The van der Waals surface area contributed by atoms with Crippen molar-refractivity contribution in [2.45, 2.75) is 26.8 Å². The third-order valence-electron chi connectivity index (χ3n) is 3.52. The smallest absolute Gasteiger partial charge is 0.254 e. The molecule has 0 spiro atoms. The molecule has 108 valence electrons. The first-order valence-corrected chi connectivity index (χ1v) is 7.00. The minimum absolute atomic E-state index is 0.0346. The van der Waals surface area contributed by atoms with E-state index < -0.39 is 6.04 Å². The molecule has 1 atom stereocenters. The molecule has 0 aliphatic carbocycles. The number of hydrogen-bond donors (Lipinski definition) is 0. The van der Waals surface area contributed by atoms with Gasteiger partial charge in [-0.05, 0) is 25.0 Å². The minimum Gasteiger partial charge on any atom is -0.339 e. The summed E-state index contributed by atoms with van der Waals surface area (Å²) in [6, 6.07) is 2.96. The van der Waals surface area contributed by atoms with Crippen molar-refractivity contribution in [3.63, 3.8) is 0 Å². The van der Waals surface area contributed by atoms with Gasteiger partial charge in [0.05, 0.1) is 0 Å². The van der Waals surface area contributed by atoms with Crippen molar-refractivity contribution in [2.75, 3.05) is 19.6 Å². The van der Waals surface area contributed by atoms with E-state index in [9.17, 15) is 9.59 Å². The van der Waals surface area contributed by atoms with E-state index in [-0.39, 0.29) is 11.8 Å². The van der Waals surface area contributed by atoms with Gasteiger partial charge in [0.1, 0.15) is 6.04 Å². The number of nitrogens with zero attached hydrogens (tertiary/aromatic N) is 3. The molecular weight excluding hydrogens is 254 g/mol. The topological polar surface area (TPSA) is 53.5 Å². The zero-order valence-corrected chi connectivity index (χ0v) is 12.2. The third kappa shape index (κ3) is 2.98. The number of aromatic nitrogens is 1. The Morgan fingerprint density at radius 1 is 1.35 bits per heavy atom. The Bertz CT molecular complexity index is 487. The van der Waals surface area contributed by atoms with Crippen LogP contribution in [0.15, 0.2) is 24.5 Å². The molecule has 1 aliphatic heterocycles. The second kappa shape index (κ2) is 6.03. The van der Waals surface area contributed by atoms with Gasteiger partial charge in [-0.25, -0.2) is 0 Å². The van der Waals surface area contributed by atoms with E-state index in [1.807, 2.05) is 4.90 Å². The lowest BCUT2D eigenvalue weighted by Gasteiger charge is -2.39. The summed E-state index contributed by atoms with van der Waals surface area (Å²) in [7, 11) is 0. The highest BCUT2D eigenvalue weighted by atomic mass is 16.2. The second-order valence-corrected chi connectivity index (χ2v) is 5.59. The molecule has 20 heavy (non-hydrogen) atoms. The zero-order chi connectivity index (χ0) is 14.7. The largest absolute Gasteiger partial charge is 0.339 e. The predicted molar refractivity (Wildman–Crippen MR) is 76.2 cm³/mol. The molecule has 0 N–H and O–H groups in total. The van der Waals surface area contributed by atoms with Crippen LogP contribution in [-0.4, -0.2) is 52.3 Å². The molecule has 2 heterocycles. The van der Waals surface area contributed by atoms with Gasteiger partial charge in [-0.2, -0.15) is 0 Å². The van der Waals surface area contributed by atoms with Crippen molar-refractivity contribution in [3.05, 3.63) is 30.1 Å². The molecule has 1 saturated heterocycles. The lowest BCUT2D eigenvalue weighted by Crippen LogP contribution is -2.58. The summed E-state index contributed by atoms with van der Waals surface area (Å²) in [5.74, 6) is 0.374. The fourth-order valence-electron chi connectivity index (χ4n) is 2.49. The van der Waals surface area contributed by atoms with Crippen LogP contribution in [0.1, 0.15) is 31.1 Å². The Balaban J connectivity index is 2.09. The van der Waals surface area contributed by atoms with Crippen molar-refractivity contribution in [1.82, 2.24) is 14.8 Å². The summed E-state index contributed by atoms with van der Waals surface area (Å²) in [5, 5.41) is 0. The van der Waals surface area contributed by atoms with Gasteiger partial charge in [-0.1, -0.05) is 13.8 Å². The first-order valence-electron chi connectivity index (χ1n) is 7.00. The maximum Gasteiger partial charge on any atom is 0.254 e. The van der Waals surface area contributed by atoms with Gasteiger partial charge in [0.2, 0.25) is 5.91 Å². The average Bonchev–Trinajstić information content (AvgIpc) is 2.44. The molecular formula is C15H21N3O2. The maximum absolute atomic E-state index is 12.4. The molecule has 2 amide bonds. The standard InChI is InChI=1S/C15H21N3O2/c1-11(2)10-17-8-9-18(12(3)14(17)19)15(20)13-4-6-16-7-5-13/h4-7,11-12H,8-10H2,1-3H3. The molecule has 1 unspecified atom stereocenters. The number of hydrogen-bond acceptors (Lipinski definition) is 3. The molecule has 0 aromatic carbocycles. The van der Waals surface area contributed by atoms with Gasteiger partial charge in [0, 0.05) is 37.6 Å². The molecule has 5 nitrogen and oxygen atoms in total. The summed E-state index contributed by atoms with van der Waals surface area (Å²) in [6.45, 7) is 7.92. The van der Waals surface area contributed by atoms with Crippen LogP contribution in [0, 0.1) is 5.92 Å². The van der Waals surface area contributed by atoms with Gasteiger partial charge < -0.3 is 9.80 Å². The van der Waals surface area contributed by atoms with Crippen LogP contribution in [-0.2, 0) is 4.79 Å². The molecule has 1 aromatic rings. The van der Waals surface area contributed by atoms with Crippen LogP contribution in [0.4, 0.5) is 0 Å². The van der Waals surface area contributed by atoms with Crippen molar-refractivity contribution in [1.29, 1.82) is 0 Å². The number of carbonyl (C=O) groups excluding carboxylic acids is 2. The van der Waals surface area contributed by atoms with Crippen LogP contribution in [0.25, 0.3) is 0 Å². The fraction of sp³-hybridized carbons (Fsp3) is 0.533. The Morgan fingerprint density at radius 2 is 2.00 bits per heavy atom. The van der Waals surface area contributed by atoms with E-state index in [1.165, 1.54) is 0 Å². The minimum atomic E-state index is -0.400. The number of pyridine rings is 1. The number of carbonyl (C=O) groups is 2. The Morgan fingerprint density at radius 3 is 2.60 bits per heavy atom. The Hall–Kier alpha value is -1.91. The highest BCUT2D eigenvalue weighted by Gasteiger charge is 2.34. The first kappa shape index (κ1) is 14.5. The van der Waals surface area contributed by atoms with E-state index in [2.05, 4.69) is 18.8 Å². The zero-order valence-electron chi connectivity index (χ0n) is 12.2. The fourth-order valence-corrected chi connectivity index (χ4v) is 2.49. The van der Waals surface area contributed by atoms with Gasteiger partial charge in [0.15, 0.2) is 0 Å². The van der Waals surface area contributed by atoms with Crippen LogP contribution in [0.3, 0.4) is 0 Å². The summed E-state index contributed by atoms with van der Waals surface area (Å²) in [6.07, 6.45) is 3.18. The van der Waals surface area contributed by atoms with Crippen molar-refractivity contribution >= 4 is 11.8 Å². The van der Waals surface area contributed by atoms with Crippen LogP contribution in [0.5, 0.6) is 0 Å². The van der Waals surface area contributed by atoms with E-state index in [4.69, 9.17) is 0 Å². The molecule has 1 aromatic heterocycles. The number of piperazine rings is 1. The maximum atomic E-state index is 12.4. The van der Waals surface area contributed by atoms with Crippen molar-refractivity contribution < 1.29 is 9.59 Å². The monoisotopic (exact) mass is 275 g/mol. The lowest BCUT2D eigenvalue weighted by molar-refractivity contribution is -0.140. The molecule has 1 fully saturated rings. The van der Waals surface area contributed by atoms with E-state index in [1.54, 1.807) is 36.4 Å². The van der Waals surface area contributed by atoms with Gasteiger partial charge in [-0.15, -0.1) is 0 Å². The van der Waals surface area contributed by atoms with Crippen molar-refractivity contribution in [2.24, 2.45) is 5.92 Å².